The molecular weight excluding hydrogens is 304 g/mol. The van der Waals surface area contributed by atoms with E-state index in [4.69, 9.17) is 4.74 Å². The van der Waals surface area contributed by atoms with Gasteiger partial charge in [-0.2, -0.15) is 0 Å². The molecular formula is C11H9BrN2O4. The topological polar surface area (TPSA) is 81.3 Å². The number of halogens is 1. The fourth-order valence-electron chi connectivity index (χ4n) is 1.62. The predicted octanol–water partition coefficient (Wildman–Crippen LogP) is 1.69. The Labute approximate surface area is 110 Å². The molecule has 7 heteroatoms. The Morgan fingerprint density at radius 2 is 2.11 bits per heavy atom. The van der Waals surface area contributed by atoms with Gasteiger partial charge in [0.2, 0.25) is 0 Å². The van der Waals surface area contributed by atoms with Crippen molar-refractivity contribution >= 4 is 38.6 Å². The summed E-state index contributed by atoms with van der Waals surface area (Å²) in [5.74, 6) is -1.26. The number of aromatic amines is 1. The molecule has 2 aromatic rings. The number of nitrogens with one attached hydrogen (secondary N) is 1. The number of fused-ring (bicyclic) bond motifs is 1. The van der Waals surface area contributed by atoms with E-state index in [1.54, 1.807) is 0 Å². The van der Waals surface area contributed by atoms with E-state index in [1.807, 2.05) is 0 Å². The summed E-state index contributed by atoms with van der Waals surface area (Å²) >= 11 is 3.25. The Hall–Kier alpha value is -1.89. The van der Waals surface area contributed by atoms with Crippen LogP contribution in [0.3, 0.4) is 0 Å². The summed E-state index contributed by atoms with van der Waals surface area (Å²) in [6.07, 6.45) is 2.90. The lowest BCUT2D eigenvalue weighted by Gasteiger charge is -2.04. The Morgan fingerprint density at radius 3 is 2.72 bits per heavy atom. The van der Waals surface area contributed by atoms with Gasteiger partial charge in [0.25, 0.3) is 5.78 Å². The van der Waals surface area contributed by atoms with Crippen molar-refractivity contribution in [3.05, 3.63) is 22.6 Å². The minimum absolute atomic E-state index is 0.191. The Morgan fingerprint density at radius 1 is 1.39 bits per heavy atom. The van der Waals surface area contributed by atoms with Crippen LogP contribution < -0.4 is 4.74 Å². The van der Waals surface area contributed by atoms with Gasteiger partial charge in [0.1, 0.15) is 10.4 Å². The van der Waals surface area contributed by atoms with Crippen LogP contribution in [-0.2, 0) is 9.53 Å². The van der Waals surface area contributed by atoms with E-state index in [2.05, 4.69) is 30.6 Å². The second-order valence-corrected chi connectivity index (χ2v) is 4.14. The minimum Gasteiger partial charge on any atom is -0.494 e. The molecule has 0 aliphatic carbocycles. The molecule has 0 unspecified atom stereocenters. The first-order valence-electron chi connectivity index (χ1n) is 4.92. The smallest absolute Gasteiger partial charge is 0.379 e. The highest BCUT2D eigenvalue weighted by Crippen LogP contribution is 2.32. The standard InChI is InChI=1S/C11H9BrN2O4/c1-17-6-4-14-10(12)8-7(6)5(3-13-8)9(15)11(16)18-2/h3-4,13H,1-2H3. The van der Waals surface area contributed by atoms with Crippen molar-refractivity contribution in [2.24, 2.45) is 0 Å². The highest BCUT2D eigenvalue weighted by molar-refractivity contribution is 9.10. The third-order valence-electron chi connectivity index (χ3n) is 2.46. The number of ketones is 1. The fraction of sp³-hybridized carbons (Fsp3) is 0.182. The molecule has 6 nitrogen and oxygen atoms in total. The monoisotopic (exact) mass is 312 g/mol. The molecule has 0 bridgehead atoms. The molecule has 0 aliphatic rings. The van der Waals surface area contributed by atoms with Crippen molar-refractivity contribution in [2.45, 2.75) is 0 Å². The lowest BCUT2D eigenvalue weighted by atomic mass is 10.1. The second kappa shape index (κ2) is 4.77. The first-order chi connectivity index (χ1) is 8.60. The third kappa shape index (κ3) is 1.86. The van der Waals surface area contributed by atoms with Gasteiger partial charge in [-0.3, -0.25) is 4.79 Å². The number of carbonyl (C=O) groups excluding carboxylic acids is 2. The number of hydrogen-bond donors (Lipinski definition) is 1. The lowest BCUT2D eigenvalue weighted by Crippen LogP contribution is -2.15. The van der Waals surface area contributed by atoms with Gasteiger partial charge >= 0.3 is 5.97 Å². The van der Waals surface area contributed by atoms with Gasteiger partial charge in [0.05, 0.1) is 36.9 Å². The van der Waals surface area contributed by atoms with Gasteiger partial charge in [-0.25, -0.2) is 9.78 Å². The molecule has 0 atom stereocenters. The Kier molecular flexibility index (Phi) is 3.33. The third-order valence-corrected chi connectivity index (χ3v) is 3.06. The zero-order valence-corrected chi connectivity index (χ0v) is 11.2. The highest BCUT2D eigenvalue weighted by atomic mass is 79.9. The number of Topliss-reactive ketones (excluding diaryl/α,β-unsaturated/α-hetero) is 1. The number of methoxy groups -OCH3 is 2. The van der Waals surface area contributed by atoms with Gasteiger partial charge in [0, 0.05) is 6.20 Å². The predicted molar refractivity (Wildman–Crippen MR) is 66.7 cm³/mol. The summed E-state index contributed by atoms with van der Waals surface area (Å²) in [6.45, 7) is 0. The summed E-state index contributed by atoms with van der Waals surface area (Å²) in [4.78, 5) is 30.1. The summed E-state index contributed by atoms with van der Waals surface area (Å²) in [5, 5.41) is 0.495. The number of ether oxygens (including phenoxy) is 2. The van der Waals surface area contributed by atoms with Crippen LogP contribution in [0.15, 0.2) is 17.0 Å². The van der Waals surface area contributed by atoms with Gasteiger partial charge in [-0.1, -0.05) is 0 Å². The van der Waals surface area contributed by atoms with E-state index >= 15 is 0 Å². The molecule has 94 valence electrons. The molecule has 18 heavy (non-hydrogen) atoms. The first kappa shape index (κ1) is 12.6. The summed E-state index contributed by atoms with van der Waals surface area (Å²) < 4.78 is 10.1. The van der Waals surface area contributed by atoms with Crippen LogP contribution in [0.1, 0.15) is 10.4 Å². The molecule has 2 rings (SSSR count). The van der Waals surface area contributed by atoms with E-state index < -0.39 is 11.8 Å². The quantitative estimate of drug-likeness (QED) is 0.404. The summed E-state index contributed by atoms with van der Waals surface area (Å²) in [6, 6.07) is 0. The SMILES string of the molecule is COC(=O)C(=O)c1c[nH]c2c(Br)ncc(OC)c12. The van der Waals surface area contributed by atoms with Gasteiger partial charge < -0.3 is 14.5 Å². The molecule has 0 aliphatic heterocycles. The van der Waals surface area contributed by atoms with Crippen LogP contribution in [-0.4, -0.2) is 35.9 Å². The summed E-state index contributed by atoms with van der Waals surface area (Å²) in [7, 11) is 2.62. The number of hydrogen-bond acceptors (Lipinski definition) is 5. The van der Waals surface area contributed by atoms with Crippen LogP contribution in [0.5, 0.6) is 5.75 Å². The molecule has 0 saturated heterocycles. The fourth-order valence-corrected chi connectivity index (χ4v) is 2.04. The van der Waals surface area contributed by atoms with Crippen LogP contribution in [0.4, 0.5) is 0 Å². The molecule has 0 spiro atoms. The van der Waals surface area contributed by atoms with Crippen LogP contribution in [0.2, 0.25) is 0 Å². The number of pyridine rings is 1. The van der Waals surface area contributed by atoms with Crippen molar-refractivity contribution in [2.75, 3.05) is 14.2 Å². The second-order valence-electron chi connectivity index (χ2n) is 3.39. The van der Waals surface area contributed by atoms with E-state index in [-0.39, 0.29) is 5.56 Å². The molecule has 0 amide bonds. The average molecular weight is 313 g/mol. The van der Waals surface area contributed by atoms with Crippen molar-refractivity contribution in [1.82, 2.24) is 9.97 Å². The van der Waals surface area contributed by atoms with E-state index in [0.29, 0.717) is 21.3 Å². The highest BCUT2D eigenvalue weighted by Gasteiger charge is 2.23. The number of H-pyrrole nitrogens is 1. The zero-order chi connectivity index (χ0) is 13.3. The molecule has 2 aromatic heterocycles. The van der Waals surface area contributed by atoms with E-state index in [1.165, 1.54) is 19.5 Å². The maximum absolute atomic E-state index is 11.8. The molecule has 0 saturated carbocycles. The lowest BCUT2D eigenvalue weighted by molar-refractivity contribution is -0.135. The van der Waals surface area contributed by atoms with Gasteiger partial charge in [-0.05, 0) is 15.9 Å². The van der Waals surface area contributed by atoms with Crippen LogP contribution >= 0.6 is 15.9 Å². The normalized spacial score (nSPS) is 10.4. The van der Waals surface area contributed by atoms with Gasteiger partial charge in [-0.15, -0.1) is 0 Å². The van der Waals surface area contributed by atoms with Crippen molar-refractivity contribution in [3.8, 4) is 5.75 Å². The van der Waals surface area contributed by atoms with E-state index in [9.17, 15) is 9.59 Å². The minimum atomic E-state index is -0.925. The van der Waals surface area contributed by atoms with Crippen LogP contribution in [0.25, 0.3) is 10.9 Å². The zero-order valence-electron chi connectivity index (χ0n) is 9.61. The Bertz CT molecular complexity index is 635. The number of nitrogens with zero attached hydrogens (tertiary/aromatic N) is 1. The molecule has 2 heterocycles. The average Bonchev–Trinajstić information content (AvgIpc) is 2.83. The molecule has 1 N–H and O–H groups in total. The maximum Gasteiger partial charge on any atom is 0.379 e. The molecule has 0 radical (unpaired) electrons. The van der Waals surface area contributed by atoms with Crippen molar-refractivity contribution in [3.63, 3.8) is 0 Å². The number of esters is 1. The molecule has 0 fully saturated rings. The van der Waals surface area contributed by atoms with Crippen molar-refractivity contribution in [1.29, 1.82) is 0 Å². The summed E-state index contributed by atoms with van der Waals surface area (Å²) in [5.41, 5.74) is 0.776. The number of aromatic nitrogens is 2. The largest absolute Gasteiger partial charge is 0.494 e. The van der Waals surface area contributed by atoms with Crippen LogP contribution in [0, 0.1) is 0 Å². The molecule has 0 aromatic carbocycles. The van der Waals surface area contributed by atoms with Crippen molar-refractivity contribution < 1.29 is 19.1 Å². The maximum atomic E-state index is 11.8. The van der Waals surface area contributed by atoms with E-state index in [0.717, 1.165) is 7.11 Å². The Balaban J connectivity index is 2.70. The number of rotatable bonds is 3. The first-order valence-corrected chi connectivity index (χ1v) is 5.71. The number of carbonyl (C=O) groups is 2. The van der Waals surface area contributed by atoms with Gasteiger partial charge in [0.15, 0.2) is 0 Å².